The van der Waals surface area contributed by atoms with Crippen molar-refractivity contribution in [2.75, 3.05) is 11.9 Å². The Labute approximate surface area is 153 Å². The quantitative estimate of drug-likeness (QED) is 0.713. The van der Waals surface area contributed by atoms with Crippen molar-refractivity contribution >= 4 is 28.9 Å². The first-order chi connectivity index (χ1) is 11.9. The van der Waals surface area contributed by atoms with Gasteiger partial charge in [-0.3, -0.25) is 4.79 Å². The van der Waals surface area contributed by atoms with Crippen LogP contribution in [0.4, 0.5) is 5.69 Å². The zero-order chi connectivity index (χ0) is 18.4. The van der Waals surface area contributed by atoms with Gasteiger partial charge in [0, 0.05) is 10.6 Å². The van der Waals surface area contributed by atoms with Crippen LogP contribution in [0.5, 0.6) is 0 Å². The molecule has 5 heteroatoms. The van der Waals surface area contributed by atoms with Gasteiger partial charge < -0.3 is 10.1 Å². The number of esters is 1. The second kappa shape index (κ2) is 8.81. The van der Waals surface area contributed by atoms with Crippen LogP contribution < -0.4 is 5.32 Å². The van der Waals surface area contributed by atoms with Gasteiger partial charge in [-0.25, -0.2) is 4.79 Å². The predicted molar refractivity (Wildman–Crippen MR) is 102 cm³/mol. The van der Waals surface area contributed by atoms with Gasteiger partial charge in [-0.05, 0) is 55.0 Å². The van der Waals surface area contributed by atoms with Gasteiger partial charge in [0.2, 0.25) is 0 Å². The fraction of sp³-hybridized carbons (Fsp3) is 0.400. The first kappa shape index (κ1) is 19.2. The summed E-state index contributed by atoms with van der Waals surface area (Å²) < 4.78 is 5.11. The van der Waals surface area contributed by atoms with E-state index in [1.807, 2.05) is 44.2 Å². The lowest BCUT2D eigenvalue weighted by Crippen LogP contribution is -2.20. The molecule has 2 rings (SSSR count). The number of carbonyl (C=O) groups is 2. The Morgan fingerprint density at radius 3 is 2.44 bits per heavy atom. The molecule has 134 valence electrons. The van der Waals surface area contributed by atoms with Gasteiger partial charge in [0.25, 0.3) is 5.91 Å². The molecule has 0 fully saturated rings. The topological polar surface area (TPSA) is 55.4 Å². The highest BCUT2D eigenvalue weighted by molar-refractivity contribution is 7.14. The Morgan fingerprint density at radius 2 is 1.88 bits per heavy atom. The maximum absolute atomic E-state index is 12.0. The third-order valence-corrected chi connectivity index (χ3v) is 5.61. The van der Waals surface area contributed by atoms with E-state index in [1.54, 1.807) is 0 Å². The highest BCUT2D eigenvalue weighted by Crippen LogP contribution is 2.23. The van der Waals surface area contributed by atoms with Gasteiger partial charge in [-0.15, -0.1) is 11.3 Å². The molecule has 1 atom stereocenters. The van der Waals surface area contributed by atoms with E-state index < -0.39 is 5.97 Å². The van der Waals surface area contributed by atoms with Crippen molar-refractivity contribution < 1.29 is 14.3 Å². The fourth-order valence-corrected chi connectivity index (χ4v) is 3.51. The number of hydrogen-bond donors (Lipinski definition) is 1. The van der Waals surface area contributed by atoms with E-state index in [4.69, 9.17) is 4.74 Å². The molecule has 0 radical (unpaired) electrons. The molecule has 1 N–H and O–H groups in total. The number of aryl methyl sites for hydroxylation is 2. The lowest BCUT2D eigenvalue weighted by atomic mass is 9.99. The average Bonchev–Trinajstić information content (AvgIpc) is 3.00. The molecule has 0 aliphatic rings. The van der Waals surface area contributed by atoms with Crippen LogP contribution in [0.1, 0.15) is 58.8 Å². The van der Waals surface area contributed by atoms with Crippen molar-refractivity contribution in [1.29, 1.82) is 0 Å². The van der Waals surface area contributed by atoms with Crippen LogP contribution in [-0.4, -0.2) is 18.5 Å². The maximum Gasteiger partial charge on any atom is 0.348 e. The summed E-state index contributed by atoms with van der Waals surface area (Å²) in [6.07, 6.45) is 1.96. The predicted octanol–water partition coefficient (Wildman–Crippen LogP) is 4.93. The number of thiophene rings is 1. The first-order valence-electron chi connectivity index (χ1n) is 8.60. The number of nitrogens with one attached hydrogen (secondary N) is 1. The zero-order valence-corrected chi connectivity index (χ0v) is 16.0. The number of rotatable bonds is 7. The molecule has 1 amide bonds. The molecule has 0 saturated carbocycles. The minimum Gasteiger partial charge on any atom is -0.451 e. The number of amides is 1. The van der Waals surface area contributed by atoms with E-state index >= 15 is 0 Å². The molecule has 1 aromatic heterocycles. The van der Waals surface area contributed by atoms with Crippen LogP contribution in [0.3, 0.4) is 0 Å². The Morgan fingerprint density at radius 1 is 1.20 bits per heavy atom. The molecular weight excluding hydrogens is 334 g/mol. The van der Waals surface area contributed by atoms with Crippen LogP contribution >= 0.6 is 11.3 Å². The number of ether oxygens (including phenoxy) is 1. The second-order valence-corrected chi connectivity index (χ2v) is 7.26. The molecule has 1 heterocycles. The normalized spacial score (nSPS) is 11.8. The summed E-state index contributed by atoms with van der Waals surface area (Å²) in [4.78, 5) is 25.7. The number of benzene rings is 1. The number of carbonyl (C=O) groups excluding carboxylic acids is 2. The maximum atomic E-state index is 12.0. The van der Waals surface area contributed by atoms with Gasteiger partial charge in [0.15, 0.2) is 6.61 Å². The van der Waals surface area contributed by atoms with Gasteiger partial charge >= 0.3 is 5.97 Å². The van der Waals surface area contributed by atoms with Crippen LogP contribution in [0.2, 0.25) is 0 Å². The molecule has 4 nitrogen and oxygen atoms in total. The molecule has 1 aromatic carbocycles. The van der Waals surface area contributed by atoms with Crippen molar-refractivity contribution in [3.63, 3.8) is 0 Å². The minimum absolute atomic E-state index is 0.287. The van der Waals surface area contributed by atoms with Crippen molar-refractivity contribution in [2.24, 2.45) is 0 Å². The van der Waals surface area contributed by atoms with E-state index in [2.05, 4.69) is 19.2 Å². The molecule has 0 saturated heterocycles. The van der Waals surface area contributed by atoms with Gasteiger partial charge in [0.1, 0.15) is 4.88 Å². The van der Waals surface area contributed by atoms with Gasteiger partial charge in [-0.2, -0.15) is 0 Å². The van der Waals surface area contributed by atoms with Crippen molar-refractivity contribution in [3.05, 3.63) is 51.2 Å². The molecule has 2 aromatic rings. The van der Waals surface area contributed by atoms with Crippen molar-refractivity contribution in [1.82, 2.24) is 0 Å². The first-order valence-corrected chi connectivity index (χ1v) is 9.42. The summed E-state index contributed by atoms with van der Waals surface area (Å²) in [7, 11) is 0. The Kier molecular flexibility index (Phi) is 6.76. The SMILES string of the molecule is CCc1sc(C(=O)OCC(=O)Nc2ccc([C@H](C)CC)cc2)cc1C. The third-order valence-electron chi connectivity index (χ3n) is 4.25. The summed E-state index contributed by atoms with van der Waals surface area (Å²) in [6.45, 7) is 8.05. The van der Waals surface area contributed by atoms with E-state index in [1.165, 1.54) is 16.9 Å². The molecular formula is C20H25NO3S. The van der Waals surface area contributed by atoms with Gasteiger partial charge in [0.05, 0.1) is 0 Å². The molecule has 0 unspecified atom stereocenters. The highest BCUT2D eigenvalue weighted by Gasteiger charge is 2.14. The molecule has 0 aliphatic carbocycles. The minimum atomic E-state index is -0.449. The average molecular weight is 359 g/mol. The monoisotopic (exact) mass is 359 g/mol. The number of hydrogen-bond acceptors (Lipinski definition) is 4. The Bertz CT molecular complexity index is 734. The van der Waals surface area contributed by atoms with E-state index in [-0.39, 0.29) is 12.5 Å². The zero-order valence-electron chi connectivity index (χ0n) is 15.2. The Balaban J connectivity index is 1.86. The summed E-state index contributed by atoms with van der Waals surface area (Å²) in [5.74, 6) is -0.295. The summed E-state index contributed by atoms with van der Waals surface area (Å²) in [6, 6.07) is 9.58. The van der Waals surface area contributed by atoms with E-state index in [0.717, 1.165) is 23.3 Å². The highest BCUT2D eigenvalue weighted by atomic mass is 32.1. The van der Waals surface area contributed by atoms with Crippen LogP contribution in [-0.2, 0) is 16.0 Å². The second-order valence-electron chi connectivity index (χ2n) is 6.13. The van der Waals surface area contributed by atoms with Crippen LogP contribution in [0.25, 0.3) is 0 Å². The third kappa shape index (κ3) is 5.16. The largest absolute Gasteiger partial charge is 0.451 e. The van der Waals surface area contributed by atoms with Crippen molar-refractivity contribution in [2.45, 2.75) is 46.5 Å². The Hall–Kier alpha value is -2.14. The lowest BCUT2D eigenvalue weighted by Gasteiger charge is -2.10. The van der Waals surface area contributed by atoms with Crippen LogP contribution in [0.15, 0.2) is 30.3 Å². The lowest BCUT2D eigenvalue weighted by molar-refractivity contribution is -0.119. The standard InChI is InChI=1S/C20H25NO3S/c1-5-13(3)15-7-9-16(10-8-15)21-19(22)12-24-20(23)18-11-14(4)17(6-2)25-18/h7-11,13H,5-6,12H2,1-4H3,(H,21,22)/t13-/m1/s1. The summed E-state index contributed by atoms with van der Waals surface area (Å²) in [5.41, 5.74) is 3.03. The smallest absolute Gasteiger partial charge is 0.348 e. The fourth-order valence-electron chi connectivity index (χ4n) is 2.50. The van der Waals surface area contributed by atoms with E-state index in [9.17, 15) is 9.59 Å². The summed E-state index contributed by atoms with van der Waals surface area (Å²) >= 11 is 1.42. The van der Waals surface area contributed by atoms with Crippen LogP contribution in [0, 0.1) is 6.92 Å². The van der Waals surface area contributed by atoms with Crippen molar-refractivity contribution in [3.8, 4) is 0 Å². The number of anilines is 1. The summed E-state index contributed by atoms with van der Waals surface area (Å²) in [5, 5.41) is 2.75. The molecule has 0 aliphatic heterocycles. The van der Waals surface area contributed by atoms with E-state index in [0.29, 0.717) is 16.5 Å². The molecule has 0 spiro atoms. The molecule has 0 bridgehead atoms. The molecule has 25 heavy (non-hydrogen) atoms. The van der Waals surface area contributed by atoms with Gasteiger partial charge in [-0.1, -0.05) is 32.9 Å².